The molecule has 8 N–H and O–H groups in total. The zero-order valence-corrected chi connectivity index (χ0v) is 15.6. The third-order valence-corrected chi connectivity index (χ3v) is 4.40. The van der Waals surface area contributed by atoms with Gasteiger partial charge in [-0.15, -0.1) is 0 Å². The van der Waals surface area contributed by atoms with Gasteiger partial charge in [0, 0.05) is 11.1 Å². The number of phenols is 2. The molecular formula is C20H20N2O8. The van der Waals surface area contributed by atoms with E-state index in [4.69, 9.17) is 21.7 Å². The number of ketones is 2. The van der Waals surface area contributed by atoms with Gasteiger partial charge in [0.05, 0.1) is 0 Å². The van der Waals surface area contributed by atoms with E-state index < -0.39 is 35.6 Å². The summed E-state index contributed by atoms with van der Waals surface area (Å²) in [4.78, 5) is 47.8. The van der Waals surface area contributed by atoms with Gasteiger partial charge in [-0.1, -0.05) is 12.1 Å². The molecule has 2 aromatic carbocycles. The highest BCUT2D eigenvalue weighted by Crippen LogP contribution is 2.24. The average Bonchev–Trinajstić information content (AvgIpc) is 2.69. The van der Waals surface area contributed by atoms with Gasteiger partial charge in [0.25, 0.3) is 0 Å². The van der Waals surface area contributed by atoms with Crippen LogP contribution in [-0.2, 0) is 22.4 Å². The first-order chi connectivity index (χ1) is 14.0. The first-order valence-electron chi connectivity index (χ1n) is 8.70. The standard InChI is InChI=1S/C20H20N2O8/c21-15(19(27)28)5-9-1-3-11(23)7-13(9)17(25)18(26)14-8-12(24)4-2-10(14)6-16(22)20(29)30/h1-4,7-8,15-16,23-24H,5-6,21-22H2,(H,27,28)(H,29,30). The highest BCUT2D eigenvalue weighted by molar-refractivity contribution is 6.49. The minimum absolute atomic E-state index is 0.130. The van der Waals surface area contributed by atoms with Crippen LogP contribution in [0.3, 0.4) is 0 Å². The van der Waals surface area contributed by atoms with Crippen molar-refractivity contribution >= 4 is 23.5 Å². The van der Waals surface area contributed by atoms with Crippen LogP contribution >= 0.6 is 0 Å². The third kappa shape index (κ3) is 5.19. The molecule has 2 aromatic rings. The summed E-state index contributed by atoms with van der Waals surface area (Å²) < 4.78 is 0. The fourth-order valence-electron chi connectivity index (χ4n) is 2.80. The lowest BCUT2D eigenvalue weighted by molar-refractivity contribution is -0.139. The van der Waals surface area contributed by atoms with E-state index in [1.165, 1.54) is 24.3 Å². The highest BCUT2D eigenvalue weighted by Gasteiger charge is 2.27. The van der Waals surface area contributed by atoms with Crippen molar-refractivity contribution in [1.29, 1.82) is 0 Å². The van der Waals surface area contributed by atoms with E-state index in [9.17, 15) is 29.4 Å². The number of hydrogen-bond acceptors (Lipinski definition) is 8. The Morgan fingerprint density at radius 3 is 1.33 bits per heavy atom. The largest absolute Gasteiger partial charge is 0.508 e. The average molecular weight is 416 g/mol. The number of aliphatic carboxylic acids is 2. The summed E-state index contributed by atoms with van der Waals surface area (Å²) in [5.41, 5.74) is 10.8. The number of benzene rings is 2. The molecule has 158 valence electrons. The summed E-state index contributed by atoms with van der Waals surface area (Å²) in [6, 6.07) is 4.32. The van der Waals surface area contributed by atoms with E-state index in [0.29, 0.717) is 0 Å². The first-order valence-corrected chi connectivity index (χ1v) is 8.70. The molecule has 2 rings (SSSR count). The van der Waals surface area contributed by atoms with Gasteiger partial charge < -0.3 is 31.9 Å². The van der Waals surface area contributed by atoms with E-state index in [1.54, 1.807) is 0 Å². The highest BCUT2D eigenvalue weighted by atomic mass is 16.4. The van der Waals surface area contributed by atoms with Gasteiger partial charge in [0.2, 0.25) is 11.6 Å². The van der Waals surface area contributed by atoms with Crippen molar-refractivity contribution < 1.29 is 39.6 Å². The molecule has 0 aliphatic carbocycles. The Kier molecular flexibility index (Phi) is 6.88. The Morgan fingerprint density at radius 1 is 0.700 bits per heavy atom. The van der Waals surface area contributed by atoms with Crippen molar-refractivity contribution in [3.05, 3.63) is 58.7 Å². The molecule has 0 aromatic heterocycles. The van der Waals surface area contributed by atoms with Crippen LogP contribution in [0.25, 0.3) is 0 Å². The summed E-state index contributed by atoms with van der Waals surface area (Å²) in [5, 5.41) is 37.4. The Bertz CT molecular complexity index is 936. The second-order valence-corrected chi connectivity index (χ2v) is 6.64. The first kappa shape index (κ1) is 22.5. The van der Waals surface area contributed by atoms with Gasteiger partial charge >= 0.3 is 11.9 Å². The Hall–Kier alpha value is -3.76. The van der Waals surface area contributed by atoms with Crippen molar-refractivity contribution in [2.45, 2.75) is 24.9 Å². The summed E-state index contributed by atoms with van der Waals surface area (Å²) in [5.74, 6) is -5.47. The number of carboxylic acids is 2. The van der Waals surface area contributed by atoms with E-state index in [1.807, 2.05) is 0 Å². The third-order valence-electron chi connectivity index (χ3n) is 4.40. The van der Waals surface area contributed by atoms with Crippen LogP contribution in [0.1, 0.15) is 31.8 Å². The predicted octanol–water partition coefficient (Wildman–Crippen LogP) is 0.0722. The molecule has 0 bridgehead atoms. The molecule has 30 heavy (non-hydrogen) atoms. The molecule has 0 amide bonds. The Labute approximate surface area is 170 Å². The second-order valence-electron chi connectivity index (χ2n) is 6.64. The van der Waals surface area contributed by atoms with Gasteiger partial charge in [0.1, 0.15) is 23.6 Å². The SMILES string of the molecule is NC(Cc1ccc(O)cc1C(=O)C(=O)c1cc(O)ccc1CC(N)C(=O)O)C(=O)O. The summed E-state index contributed by atoms with van der Waals surface area (Å²) in [6.07, 6.45) is -0.554. The monoisotopic (exact) mass is 416 g/mol. The van der Waals surface area contributed by atoms with Gasteiger partial charge in [0.15, 0.2) is 0 Å². The predicted molar refractivity (Wildman–Crippen MR) is 104 cm³/mol. The van der Waals surface area contributed by atoms with Crippen molar-refractivity contribution in [1.82, 2.24) is 0 Å². The van der Waals surface area contributed by atoms with Gasteiger partial charge in [-0.25, -0.2) is 0 Å². The van der Waals surface area contributed by atoms with E-state index in [0.717, 1.165) is 12.1 Å². The molecule has 0 heterocycles. The molecule has 0 radical (unpaired) electrons. The van der Waals surface area contributed by atoms with Crippen LogP contribution in [-0.4, -0.2) is 56.0 Å². The molecule has 10 nitrogen and oxygen atoms in total. The topological polar surface area (TPSA) is 201 Å². The zero-order chi connectivity index (χ0) is 22.6. The van der Waals surface area contributed by atoms with E-state index in [2.05, 4.69) is 0 Å². The van der Waals surface area contributed by atoms with E-state index in [-0.39, 0.29) is 46.6 Å². The molecule has 0 saturated carbocycles. The van der Waals surface area contributed by atoms with Crippen LogP contribution in [0.4, 0.5) is 0 Å². The quantitative estimate of drug-likeness (QED) is 0.240. The molecule has 0 aliphatic rings. The molecule has 0 spiro atoms. The molecule has 0 aliphatic heterocycles. The summed E-state index contributed by atoms with van der Waals surface area (Å²) in [7, 11) is 0. The van der Waals surface area contributed by atoms with Crippen LogP contribution < -0.4 is 11.5 Å². The number of rotatable bonds is 9. The smallest absolute Gasteiger partial charge is 0.320 e. The normalized spacial score (nSPS) is 12.7. The van der Waals surface area contributed by atoms with Crippen molar-refractivity contribution in [3.8, 4) is 11.5 Å². The number of carbonyl (C=O) groups excluding carboxylic acids is 2. The second kappa shape index (κ2) is 9.16. The fourth-order valence-corrected chi connectivity index (χ4v) is 2.80. The van der Waals surface area contributed by atoms with E-state index >= 15 is 0 Å². The summed E-state index contributed by atoms with van der Waals surface area (Å²) >= 11 is 0. The number of carboxylic acid groups (broad SMARTS) is 2. The van der Waals surface area contributed by atoms with Crippen molar-refractivity contribution in [2.75, 3.05) is 0 Å². The van der Waals surface area contributed by atoms with Crippen LogP contribution in [0.2, 0.25) is 0 Å². The van der Waals surface area contributed by atoms with Gasteiger partial charge in [-0.05, 0) is 48.2 Å². The van der Waals surface area contributed by atoms with Crippen LogP contribution in [0, 0.1) is 0 Å². The number of Topliss-reactive ketones (excluding diaryl/α,β-unsaturated/α-hetero) is 2. The van der Waals surface area contributed by atoms with Crippen molar-refractivity contribution in [2.24, 2.45) is 11.5 Å². The Balaban J connectivity index is 2.47. The number of hydrogen-bond donors (Lipinski definition) is 6. The number of carbonyl (C=O) groups is 4. The Morgan fingerprint density at radius 2 is 1.03 bits per heavy atom. The maximum atomic E-state index is 12.9. The minimum atomic E-state index is -1.35. The fraction of sp³-hybridized carbons (Fsp3) is 0.200. The van der Waals surface area contributed by atoms with Crippen LogP contribution in [0.15, 0.2) is 36.4 Å². The lowest BCUT2D eigenvalue weighted by Crippen LogP contribution is -2.33. The molecule has 0 saturated heterocycles. The van der Waals surface area contributed by atoms with Gasteiger partial charge in [-0.3, -0.25) is 19.2 Å². The maximum Gasteiger partial charge on any atom is 0.320 e. The molecule has 2 unspecified atom stereocenters. The van der Waals surface area contributed by atoms with Crippen molar-refractivity contribution in [3.63, 3.8) is 0 Å². The number of phenolic OH excluding ortho intramolecular Hbond substituents is 2. The molecular weight excluding hydrogens is 396 g/mol. The maximum absolute atomic E-state index is 12.9. The number of aromatic hydroxyl groups is 2. The minimum Gasteiger partial charge on any atom is -0.508 e. The lowest BCUT2D eigenvalue weighted by atomic mass is 9.90. The zero-order valence-electron chi connectivity index (χ0n) is 15.6. The number of nitrogens with two attached hydrogens (primary N) is 2. The van der Waals surface area contributed by atoms with Gasteiger partial charge in [-0.2, -0.15) is 0 Å². The summed E-state index contributed by atoms with van der Waals surface area (Å²) in [6.45, 7) is 0. The van der Waals surface area contributed by atoms with Crippen LogP contribution in [0.5, 0.6) is 11.5 Å². The molecule has 0 fully saturated rings. The molecule has 2 atom stereocenters. The molecule has 10 heteroatoms. The lowest BCUT2D eigenvalue weighted by Gasteiger charge is -2.14.